The summed E-state index contributed by atoms with van der Waals surface area (Å²) in [4.78, 5) is 3.93. The Balaban J connectivity index is 2.62. The molecule has 1 N–H and O–H groups in total. The van der Waals surface area contributed by atoms with Crippen LogP contribution in [0.1, 0.15) is 20.3 Å². The normalized spacial score (nSPS) is 12.9. The Morgan fingerprint density at radius 3 is 2.73 bits per heavy atom. The van der Waals surface area contributed by atoms with Crippen molar-refractivity contribution >= 4 is 28.9 Å². The highest BCUT2D eigenvalue weighted by Gasteiger charge is 2.10. The number of alkyl halides is 1. The van der Waals surface area contributed by atoms with Gasteiger partial charge in [-0.25, -0.2) is 0 Å². The molecule has 1 unspecified atom stereocenters. The van der Waals surface area contributed by atoms with E-state index in [1.807, 2.05) is 6.07 Å². The Kier molecular flexibility index (Phi) is 5.20. The van der Waals surface area contributed by atoms with E-state index in [-0.39, 0.29) is 6.04 Å². The Morgan fingerprint density at radius 2 is 2.20 bits per heavy atom. The highest BCUT2D eigenvalue weighted by atomic mass is 35.5. The van der Waals surface area contributed by atoms with Crippen LogP contribution < -0.4 is 5.32 Å². The molecule has 1 aromatic heterocycles. The molecule has 1 atom stereocenters. The van der Waals surface area contributed by atoms with Crippen LogP contribution in [-0.4, -0.2) is 16.9 Å². The predicted octanol–water partition coefficient (Wildman–Crippen LogP) is 3.80. The standard InChI is InChI=1S/C11H16Cl2N2/c1-8(2)5-9(6-12)15-11-3-4-14-7-10(11)13/h3-4,7-9H,5-6H2,1-2H3,(H,14,15). The van der Waals surface area contributed by atoms with Crippen LogP contribution in [0, 0.1) is 5.92 Å². The summed E-state index contributed by atoms with van der Waals surface area (Å²) >= 11 is 11.9. The van der Waals surface area contributed by atoms with Crippen LogP contribution in [0.25, 0.3) is 0 Å². The van der Waals surface area contributed by atoms with Gasteiger partial charge in [-0.15, -0.1) is 11.6 Å². The molecule has 4 heteroatoms. The van der Waals surface area contributed by atoms with E-state index in [0.29, 0.717) is 16.8 Å². The van der Waals surface area contributed by atoms with Crippen LogP contribution in [0.15, 0.2) is 18.5 Å². The minimum absolute atomic E-state index is 0.256. The quantitative estimate of drug-likeness (QED) is 0.800. The Bertz CT molecular complexity index is 302. The van der Waals surface area contributed by atoms with Crippen LogP contribution in [-0.2, 0) is 0 Å². The summed E-state index contributed by atoms with van der Waals surface area (Å²) < 4.78 is 0. The summed E-state index contributed by atoms with van der Waals surface area (Å²) in [5, 5.41) is 3.96. The lowest BCUT2D eigenvalue weighted by atomic mass is 10.1. The van der Waals surface area contributed by atoms with Crippen LogP contribution in [0.3, 0.4) is 0 Å². The van der Waals surface area contributed by atoms with Gasteiger partial charge in [-0.3, -0.25) is 4.98 Å². The minimum Gasteiger partial charge on any atom is -0.380 e. The fourth-order valence-corrected chi connectivity index (χ4v) is 1.82. The lowest BCUT2D eigenvalue weighted by molar-refractivity contribution is 0.542. The van der Waals surface area contributed by atoms with E-state index < -0.39 is 0 Å². The number of aromatic nitrogens is 1. The molecule has 0 aliphatic rings. The van der Waals surface area contributed by atoms with E-state index >= 15 is 0 Å². The largest absolute Gasteiger partial charge is 0.380 e. The molecule has 0 aliphatic carbocycles. The van der Waals surface area contributed by atoms with Crippen molar-refractivity contribution in [2.75, 3.05) is 11.2 Å². The van der Waals surface area contributed by atoms with Gasteiger partial charge >= 0.3 is 0 Å². The van der Waals surface area contributed by atoms with Crippen LogP contribution in [0.5, 0.6) is 0 Å². The first-order valence-corrected chi connectivity index (χ1v) is 5.96. The van der Waals surface area contributed by atoms with E-state index in [4.69, 9.17) is 23.2 Å². The number of rotatable bonds is 5. The zero-order chi connectivity index (χ0) is 11.3. The van der Waals surface area contributed by atoms with Gasteiger partial charge in [-0.05, 0) is 18.4 Å². The molecule has 1 heterocycles. The lowest BCUT2D eigenvalue weighted by Crippen LogP contribution is -2.23. The molecule has 0 radical (unpaired) electrons. The van der Waals surface area contributed by atoms with Gasteiger partial charge < -0.3 is 5.32 Å². The van der Waals surface area contributed by atoms with Crippen molar-refractivity contribution in [3.05, 3.63) is 23.5 Å². The van der Waals surface area contributed by atoms with Crippen LogP contribution >= 0.6 is 23.2 Å². The van der Waals surface area contributed by atoms with Gasteiger partial charge in [0.1, 0.15) is 0 Å². The van der Waals surface area contributed by atoms with Crippen LogP contribution in [0.4, 0.5) is 5.69 Å². The molecule has 1 aromatic rings. The number of anilines is 1. The van der Waals surface area contributed by atoms with E-state index in [9.17, 15) is 0 Å². The van der Waals surface area contributed by atoms with Gasteiger partial charge in [0.15, 0.2) is 0 Å². The van der Waals surface area contributed by atoms with Crippen molar-refractivity contribution in [2.24, 2.45) is 5.92 Å². The zero-order valence-electron chi connectivity index (χ0n) is 9.00. The van der Waals surface area contributed by atoms with Gasteiger partial charge in [0, 0.05) is 24.3 Å². The number of hydrogen-bond acceptors (Lipinski definition) is 2. The Morgan fingerprint density at radius 1 is 1.47 bits per heavy atom. The van der Waals surface area contributed by atoms with Gasteiger partial charge in [0.05, 0.1) is 10.7 Å². The number of halogens is 2. The molecular weight excluding hydrogens is 231 g/mol. The molecule has 0 amide bonds. The van der Waals surface area contributed by atoms with Gasteiger partial charge in [0.25, 0.3) is 0 Å². The maximum absolute atomic E-state index is 5.99. The van der Waals surface area contributed by atoms with Crippen molar-refractivity contribution < 1.29 is 0 Å². The summed E-state index contributed by atoms with van der Waals surface area (Å²) in [6.07, 6.45) is 4.38. The van der Waals surface area contributed by atoms with E-state index in [1.165, 1.54) is 0 Å². The molecule has 0 saturated heterocycles. The highest BCUT2D eigenvalue weighted by Crippen LogP contribution is 2.21. The predicted molar refractivity (Wildman–Crippen MR) is 66.8 cm³/mol. The first-order chi connectivity index (χ1) is 7.13. The van der Waals surface area contributed by atoms with Crippen molar-refractivity contribution in [1.29, 1.82) is 0 Å². The third-order valence-corrected chi connectivity index (χ3v) is 2.75. The average molecular weight is 247 g/mol. The second-order valence-electron chi connectivity index (χ2n) is 3.98. The van der Waals surface area contributed by atoms with E-state index in [2.05, 4.69) is 24.1 Å². The summed E-state index contributed by atoms with van der Waals surface area (Å²) in [7, 11) is 0. The van der Waals surface area contributed by atoms with E-state index in [0.717, 1.165) is 12.1 Å². The second-order valence-corrected chi connectivity index (χ2v) is 4.70. The maximum atomic E-state index is 5.99. The maximum Gasteiger partial charge on any atom is 0.0820 e. The zero-order valence-corrected chi connectivity index (χ0v) is 10.5. The van der Waals surface area contributed by atoms with Crippen molar-refractivity contribution in [3.63, 3.8) is 0 Å². The summed E-state index contributed by atoms with van der Waals surface area (Å²) in [5.74, 6) is 1.19. The number of hydrogen-bond donors (Lipinski definition) is 1. The molecule has 0 aliphatic heterocycles. The van der Waals surface area contributed by atoms with Crippen molar-refractivity contribution in [1.82, 2.24) is 4.98 Å². The lowest BCUT2D eigenvalue weighted by Gasteiger charge is -2.19. The number of nitrogens with zero attached hydrogens (tertiary/aromatic N) is 1. The van der Waals surface area contributed by atoms with Gasteiger partial charge in [-0.2, -0.15) is 0 Å². The molecule has 15 heavy (non-hydrogen) atoms. The topological polar surface area (TPSA) is 24.9 Å². The monoisotopic (exact) mass is 246 g/mol. The first kappa shape index (κ1) is 12.6. The highest BCUT2D eigenvalue weighted by molar-refractivity contribution is 6.33. The average Bonchev–Trinajstić information content (AvgIpc) is 2.19. The Labute approximate surface area is 101 Å². The number of pyridine rings is 1. The summed E-state index contributed by atoms with van der Waals surface area (Å²) in [6, 6.07) is 2.12. The summed E-state index contributed by atoms with van der Waals surface area (Å²) in [6.45, 7) is 4.35. The molecule has 2 nitrogen and oxygen atoms in total. The second kappa shape index (κ2) is 6.19. The fourth-order valence-electron chi connectivity index (χ4n) is 1.44. The Hall–Kier alpha value is -0.470. The fraction of sp³-hybridized carbons (Fsp3) is 0.545. The minimum atomic E-state index is 0.256. The third-order valence-electron chi connectivity index (χ3n) is 2.07. The molecule has 84 valence electrons. The van der Waals surface area contributed by atoms with Crippen LogP contribution in [0.2, 0.25) is 5.02 Å². The molecule has 0 saturated carbocycles. The van der Waals surface area contributed by atoms with E-state index in [1.54, 1.807) is 12.4 Å². The molecule has 0 spiro atoms. The molecular formula is C11H16Cl2N2. The number of nitrogens with one attached hydrogen (secondary N) is 1. The van der Waals surface area contributed by atoms with Gasteiger partial charge in [-0.1, -0.05) is 25.4 Å². The molecule has 0 bridgehead atoms. The first-order valence-electron chi connectivity index (χ1n) is 5.05. The molecule has 0 aromatic carbocycles. The SMILES string of the molecule is CC(C)CC(CCl)Nc1ccncc1Cl. The van der Waals surface area contributed by atoms with Gasteiger partial charge in [0.2, 0.25) is 0 Å². The van der Waals surface area contributed by atoms with Crippen molar-refractivity contribution in [2.45, 2.75) is 26.3 Å². The van der Waals surface area contributed by atoms with Crippen molar-refractivity contribution in [3.8, 4) is 0 Å². The summed E-state index contributed by atoms with van der Waals surface area (Å²) in [5.41, 5.74) is 0.901. The molecule has 1 rings (SSSR count). The molecule has 0 fully saturated rings. The third kappa shape index (κ3) is 4.27. The smallest absolute Gasteiger partial charge is 0.0820 e.